The van der Waals surface area contributed by atoms with E-state index in [9.17, 15) is 8.42 Å². The van der Waals surface area contributed by atoms with Crippen LogP contribution < -0.4 is 4.72 Å². The first-order chi connectivity index (χ1) is 9.78. The first kappa shape index (κ1) is 14.8. The van der Waals surface area contributed by atoms with Crippen molar-refractivity contribution >= 4 is 27.3 Å². The Hall–Kier alpha value is -1.11. The fraction of sp³-hybridized carbons (Fsp3) is 0.500. The molecule has 1 fully saturated rings. The molecule has 7 heteroatoms. The van der Waals surface area contributed by atoms with Crippen LogP contribution in [0.2, 0.25) is 5.15 Å². The van der Waals surface area contributed by atoms with E-state index in [1.807, 2.05) is 0 Å². The number of sulfonamides is 1. The summed E-state index contributed by atoms with van der Waals surface area (Å²) in [5.41, 5.74) is 0.700. The van der Waals surface area contributed by atoms with E-state index in [4.69, 9.17) is 11.6 Å². The number of rotatable bonds is 3. The molecule has 3 rings (SSSR count). The predicted molar refractivity (Wildman–Crippen MR) is 81.9 cm³/mol. The van der Waals surface area contributed by atoms with Crippen LogP contribution in [-0.2, 0) is 10.0 Å². The molecule has 0 bridgehead atoms. The smallest absolute Gasteiger partial charge is 0.260 e. The zero-order chi connectivity index (χ0) is 15.3. The second-order valence-electron chi connectivity index (χ2n) is 6.36. The molecule has 0 radical (unpaired) electrons. The van der Waals surface area contributed by atoms with Gasteiger partial charge in [-0.3, -0.25) is 4.40 Å². The molecule has 2 aromatic rings. The van der Waals surface area contributed by atoms with Crippen molar-refractivity contribution in [2.45, 2.75) is 44.2 Å². The number of halogens is 1. The van der Waals surface area contributed by atoms with E-state index in [-0.39, 0.29) is 21.6 Å². The quantitative estimate of drug-likeness (QED) is 0.942. The van der Waals surface area contributed by atoms with Gasteiger partial charge in [0.05, 0.1) is 0 Å². The number of pyridine rings is 1. The highest BCUT2D eigenvalue weighted by atomic mass is 35.5. The third kappa shape index (κ3) is 2.80. The summed E-state index contributed by atoms with van der Waals surface area (Å²) in [6.45, 7) is 4.31. The maximum absolute atomic E-state index is 12.6. The van der Waals surface area contributed by atoms with Crippen molar-refractivity contribution in [3.05, 3.63) is 29.5 Å². The van der Waals surface area contributed by atoms with Gasteiger partial charge in [-0.15, -0.1) is 0 Å². The lowest BCUT2D eigenvalue weighted by Crippen LogP contribution is -2.34. The molecule has 1 aliphatic carbocycles. The molecule has 0 amide bonds. The van der Waals surface area contributed by atoms with Crippen LogP contribution >= 0.6 is 11.6 Å². The second kappa shape index (κ2) is 4.97. The Kier molecular flexibility index (Phi) is 3.50. The van der Waals surface area contributed by atoms with Crippen LogP contribution in [0.3, 0.4) is 0 Å². The molecule has 0 aliphatic heterocycles. The number of aromatic nitrogens is 2. The zero-order valence-corrected chi connectivity index (χ0v) is 13.6. The van der Waals surface area contributed by atoms with Crippen LogP contribution in [0.1, 0.15) is 33.1 Å². The van der Waals surface area contributed by atoms with Crippen LogP contribution in [0.5, 0.6) is 0 Å². The monoisotopic (exact) mass is 327 g/mol. The Morgan fingerprint density at radius 1 is 1.43 bits per heavy atom. The van der Waals surface area contributed by atoms with E-state index < -0.39 is 10.0 Å². The molecule has 0 aromatic carbocycles. The molecule has 2 heterocycles. The van der Waals surface area contributed by atoms with Gasteiger partial charge >= 0.3 is 0 Å². The summed E-state index contributed by atoms with van der Waals surface area (Å²) in [4.78, 5) is 4.09. The fourth-order valence-corrected chi connectivity index (χ4v) is 4.91. The highest BCUT2D eigenvalue weighted by Gasteiger charge is 2.35. The summed E-state index contributed by atoms with van der Waals surface area (Å²) >= 11 is 6.04. The molecular formula is C14H18ClN3O2S. The van der Waals surface area contributed by atoms with Crippen LogP contribution in [0, 0.1) is 5.41 Å². The van der Waals surface area contributed by atoms with Gasteiger partial charge in [0, 0.05) is 12.2 Å². The van der Waals surface area contributed by atoms with Crippen molar-refractivity contribution in [3.8, 4) is 0 Å². The number of hydrogen-bond acceptors (Lipinski definition) is 3. The first-order valence-corrected chi connectivity index (χ1v) is 8.80. The van der Waals surface area contributed by atoms with Crippen molar-refractivity contribution in [2.24, 2.45) is 5.41 Å². The SMILES string of the molecule is CC1(C)CCC(NS(=O)(=O)c2c(Cl)nc3ccccn23)C1. The number of fused-ring (bicyclic) bond motifs is 1. The minimum Gasteiger partial charge on any atom is -0.288 e. The number of nitrogens with one attached hydrogen (secondary N) is 1. The van der Waals surface area contributed by atoms with Crippen molar-refractivity contribution in [3.63, 3.8) is 0 Å². The van der Waals surface area contributed by atoms with E-state index in [1.54, 1.807) is 24.4 Å². The van der Waals surface area contributed by atoms with Crippen LogP contribution in [0.4, 0.5) is 0 Å². The van der Waals surface area contributed by atoms with Crippen LogP contribution in [0.15, 0.2) is 29.4 Å². The van der Waals surface area contributed by atoms with Crippen molar-refractivity contribution in [2.75, 3.05) is 0 Å². The molecule has 1 saturated carbocycles. The highest BCUT2D eigenvalue weighted by molar-refractivity contribution is 7.89. The Morgan fingerprint density at radius 2 is 2.19 bits per heavy atom. The Bertz CT molecular complexity index is 783. The van der Waals surface area contributed by atoms with Gasteiger partial charge in [-0.1, -0.05) is 31.5 Å². The average molecular weight is 328 g/mol. The molecule has 1 unspecified atom stereocenters. The molecule has 114 valence electrons. The minimum absolute atomic E-state index is 0.00552. The average Bonchev–Trinajstić information content (AvgIpc) is 2.87. The van der Waals surface area contributed by atoms with Gasteiger partial charge < -0.3 is 0 Å². The standard InChI is InChI=1S/C14H18ClN3O2S/c1-14(2)7-6-10(9-14)17-21(19,20)13-12(15)16-11-5-3-4-8-18(11)13/h3-5,8,10,17H,6-7,9H2,1-2H3. The summed E-state index contributed by atoms with van der Waals surface area (Å²) < 4.78 is 29.6. The van der Waals surface area contributed by atoms with Gasteiger partial charge in [0.2, 0.25) is 0 Å². The van der Waals surface area contributed by atoms with Gasteiger partial charge in [0.1, 0.15) is 5.65 Å². The molecule has 5 nitrogen and oxygen atoms in total. The molecule has 0 saturated heterocycles. The third-order valence-corrected chi connectivity index (χ3v) is 5.91. The van der Waals surface area contributed by atoms with Gasteiger partial charge in [-0.2, -0.15) is 0 Å². The van der Waals surface area contributed by atoms with Crippen molar-refractivity contribution in [1.82, 2.24) is 14.1 Å². The predicted octanol–water partition coefficient (Wildman–Crippen LogP) is 2.84. The molecule has 2 aromatic heterocycles. The molecule has 1 aliphatic rings. The van der Waals surface area contributed by atoms with Gasteiger partial charge in [0.15, 0.2) is 10.2 Å². The Morgan fingerprint density at radius 3 is 2.86 bits per heavy atom. The van der Waals surface area contributed by atoms with Crippen molar-refractivity contribution in [1.29, 1.82) is 0 Å². The largest absolute Gasteiger partial charge is 0.288 e. The van der Waals surface area contributed by atoms with Crippen LogP contribution in [-0.4, -0.2) is 23.8 Å². The number of hydrogen-bond donors (Lipinski definition) is 1. The maximum atomic E-state index is 12.6. The maximum Gasteiger partial charge on any atom is 0.260 e. The summed E-state index contributed by atoms with van der Waals surface area (Å²) in [6.07, 6.45) is 4.35. The summed E-state index contributed by atoms with van der Waals surface area (Å²) in [7, 11) is -3.69. The van der Waals surface area contributed by atoms with Gasteiger partial charge in [-0.05, 0) is 36.8 Å². The van der Waals surface area contributed by atoms with Gasteiger partial charge in [0.25, 0.3) is 10.0 Å². The number of nitrogens with zero attached hydrogens (tertiary/aromatic N) is 2. The lowest BCUT2D eigenvalue weighted by atomic mass is 9.92. The first-order valence-electron chi connectivity index (χ1n) is 6.93. The minimum atomic E-state index is -3.69. The van der Waals surface area contributed by atoms with Gasteiger partial charge in [-0.25, -0.2) is 18.1 Å². The third-order valence-electron chi connectivity index (χ3n) is 3.99. The van der Waals surface area contributed by atoms with E-state index in [0.29, 0.717) is 5.65 Å². The normalized spacial score (nSPS) is 22.0. The topological polar surface area (TPSA) is 63.5 Å². The zero-order valence-electron chi connectivity index (χ0n) is 12.0. The van der Waals surface area contributed by atoms with E-state index in [2.05, 4.69) is 23.6 Å². The van der Waals surface area contributed by atoms with E-state index in [0.717, 1.165) is 19.3 Å². The second-order valence-corrected chi connectivity index (χ2v) is 8.35. The summed E-state index contributed by atoms with van der Waals surface area (Å²) in [5.74, 6) is 0. The van der Waals surface area contributed by atoms with E-state index >= 15 is 0 Å². The highest BCUT2D eigenvalue weighted by Crippen LogP contribution is 2.37. The molecule has 21 heavy (non-hydrogen) atoms. The molecule has 1 atom stereocenters. The lowest BCUT2D eigenvalue weighted by Gasteiger charge is -2.17. The molecule has 0 spiro atoms. The molecular weight excluding hydrogens is 310 g/mol. The van der Waals surface area contributed by atoms with E-state index in [1.165, 1.54) is 4.40 Å². The Balaban J connectivity index is 1.96. The molecule has 1 N–H and O–H groups in total. The number of imidazole rings is 1. The summed E-state index contributed by atoms with van der Waals surface area (Å²) in [5, 5.41) is 0.0235. The van der Waals surface area contributed by atoms with Crippen LogP contribution in [0.25, 0.3) is 5.65 Å². The fourth-order valence-electron chi connectivity index (χ4n) is 3.00. The lowest BCUT2D eigenvalue weighted by molar-refractivity contribution is 0.372. The summed E-state index contributed by atoms with van der Waals surface area (Å²) in [6, 6.07) is 5.23. The van der Waals surface area contributed by atoms with Crippen molar-refractivity contribution < 1.29 is 8.42 Å². The Labute approximate surface area is 129 Å².